The lowest BCUT2D eigenvalue weighted by Gasteiger charge is -2.05. The Labute approximate surface area is 102 Å². The lowest BCUT2D eigenvalue weighted by Crippen LogP contribution is -2.12. The van der Waals surface area contributed by atoms with Crippen LogP contribution in [0.2, 0.25) is 0 Å². The third-order valence-corrected chi connectivity index (χ3v) is 5.68. The number of ketones is 1. The van der Waals surface area contributed by atoms with Crippen molar-refractivity contribution in [3.8, 4) is 0 Å². The van der Waals surface area contributed by atoms with Crippen molar-refractivity contribution in [3.63, 3.8) is 0 Å². The first-order valence-electron chi connectivity index (χ1n) is 5.58. The van der Waals surface area contributed by atoms with Crippen LogP contribution in [0.1, 0.15) is 25.7 Å². The molecule has 17 heavy (non-hydrogen) atoms. The Hall–Kier alpha value is -0.430. The molecule has 1 saturated heterocycles. The summed E-state index contributed by atoms with van der Waals surface area (Å²) in [6.45, 7) is 0. The fraction of sp³-hybridized carbons (Fsp3) is 0.900. The minimum Gasteiger partial charge on any atom is -0.300 e. The largest absolute Gasteiger partial charge is 0.300 e. The predicted molar refractivity (Wildman–Crippen MR) is 65.3 cm³/mol. The molecule has 0 aromatic carbocycles. The van der Waals surface area contributed by atoms with Gasteiger partial charge in [-0.25, -0.2) is 16.8 Å². The highest BCUT2D eigenvalue weighted by molar-refractivity contribution is 7.91. The Morgan fingerprint density at radius 3 is 2.47 bits per heavy atom. The summed E-state index contributed by atoms with van der Waals surface area (Å²) >= 11 is 0. The number of hydrogen-bond acceptors (Lipinski definition) is 5. The maximum absolute atomic E-state index is 11.5. The van der Waals surface area contributed by atoms with Crippen LogP contribution in [-0.4, -0.2) is 46.1 Å². The van der Waals surface area contributed by atoms with Gasteiger partial charge < -0.3 is 0 Å². The molecule has 0 saturated carbocycles. The second-order valence-corrected chi connectivity index (χ2v) is 9.23. The number of sulfone groups is 2. The molecule has 0 amide bonds. The summed E-state index contributed by atoms with van der Waals surface area (Å²) in [4.78, 5) is 11.5. The summed E-state index contributed by atoms with van der Waals surface area (Å²) in [6, 6.07) is 0. The molecule has 1 atom stereocenters. The molecule has 5 nitrogen and oxygen atoms in total. The number of carbonyl (C=O) groups excluding carboxylic acids is 1. The van der Waals surface area contributed by atoms with E-state index in [-0.39, 0.29) is 41.8 Å². The fourth-order valence-electron chi connectivity index (χ4n) is 1.99. The molecule has 1 fully saturated rings. The molecule has 0 aliphatic carbocycles. The van der Waals surface area contributed by atoms with Crippen LogP contribution in [0.25, 0.3) is 0 Å². The van der Waals surface area contributed by atoms with Crippen molar-refractivity contribution in [2.75, 3.05) is 23.5 Å². The van der Waals surface area contributed by atoms with Crippen LogP contribution in [0.5, 0.6) is 0 Å². The SMILES string of the molecule is CS(=O)(=O)CCCC(=O)CC1CCS(=O)(=O)C1. The van der Waals surface area contributed by atoms with Crippen molar-refractivity contribution in [2.24, 2.45) is 5.92 Å². The standard InChI is InChI=1S/C10H18O5S2/c1-16(12,13)5-2-3-10(11)7-9-4-6-17(14,15)8-9/h9H,2-8H2,1H3. The Morgan fingerprint density at radius 2 is 2.00 bits per heavy atom. The van der Waals surface area contributed by atoms with Gasteiger partial charge in [-0.15, -0.1) is 0 Å². The average Bonchev–Trinajstić information content (AvgIpc) is 2.42. The first-order valence-corrected chi connectivity index (χ1v) is 9.46. The zero-order valence-electron chi connectivity index (χ0n) is 9.88. The molecule has 0 N–H and O–H groups in total. The van der Waals surface area contributed by atoms with Gasteiger partial charge in [0.25, 0.3) is 0 Å². The molecule has 0 aromatic heterocycles. The number of Topliss-reactive ketones (excluding diaryl/α,β-unsaturated/α-hetero) is 1. The van der Waals surface area contributed by atoms with E-state index < -0.39 is 19.7 Å². The quantitative estimate of drug-likeness (QED) is 0.695. The highest BCUT2D eigenvalue weighted by Crippen LogP contribution is 2.22. The van der Waals surface area contributed by atoms with Crippen LogP contribution in [0.4, 0.5) is 0 Å². The molecule has 7 heteroatoms. The second-order valence-electron chi connectivity index (χ2n) is 4.75. The number of carbonyl (C=O) groups is 1. The van der Waals surface area contributed by atoms with Gasteiger partial charge in [-0.05, 0) is 18.8 Å². The smallest absolute Gasteiger partial charge is 0.150 e. The van der Waals surface area contributed by atoms with E-state index in [1.54, 1.807) is 0 Å². The van der Waals surface area contributed by atoms with Crippen molar-refractivity contribution >= 4 is 25.5 Å². The summed E-state index contributed by atoms with van der Waals surface area (Å²) in [6.07, 6.45) is 2.52. The zero-order chi connectivity index (χ0) is 13.1. The summed E-state index contributed by atoms with van der Waals surface area (Å²) in [5, 5.41) is 0. The molecule has 1 heterocycles. The van der Waals surface area contributed by atoms with Gasteiger partial charge >= 0.3 is 0 Å². The van der Waals surface area contributed by atoms with Crippen molar-refractivity contribution in [3.05, 3.63) is 0 Å². The van der Waals surface area contributed by atoms with E-state index in [2.05, 4.69) is 0 Å². The van der Waals surface area contributed by atoms with Gasteiger partial charge in [0.05, 0.1) is 17.3 Å². The Morgan fingerprint density at radius 1 is 1.35 bits per heavy atom. The monoisotopic (exact) mass is 282 g/mol. The Bertz CT molecular complexity index is 475. The lowest BCUT2D eigenvalue weighted by molar-refractivity contribution is -0.119. The lowest BCUT2D eigenvalue weighted by atomic mass is 10.00. The molecule has 100 valence electrons. The van der Waals surface area contributed by atoms with Crippen molar-refractivity contribution in [1.82, 2.24) is 0 Å². The number of hydrogen-bond donors (Lipinski definition) is 0. The van der Waals surface area contributed by atoms with E-state index in [0.29, 0.717) is 12.8 Å². The van der Waals surface area contributed by atoms with E-state index in [1.165, 1.54) is 0 Å². The zero-order valence-corrected chi connectivity index (χ0v) is 11.5. The van der Waals surface area contributed by atoms with Gasteiger partial charge in [-0.2, -0.15) is 0 Å². The van der Waals surface area contributed by atoms with Crippen molar-refractivity contribution in [1.29, 1.82) is 0 Å². The minimum atomic E-state index is -3.01. The van der Waals surface area contributed by atoms with Crippen LogP contribution in [-0.2, 0) is 24.5 Å². The third kappa shape index (κ3) is 6.16. The number of rotatable bonds is 6. The highest BCUT2D eigenvalue weighted by atomic mass is 32.2. The molecule has 1 aliphatic rings. The molecule has 1 aliphatic heterocycles. The van der Waals surface area contributed by atoms with E-state index in [0.717, 1.165) is 6.26 Å². The van der Waals surface area contributed by atoms with E-state index in [1.807, 2.05) is 0 Å². The van der Waals surface area contributed by atoms with Crippen LogP contribution < -0.4 is 0 Å². The maximum atomic E-state index is 11.5. The summed E-state index contributed by atoms with van der Waals surface area (Å²) in [5.74, 6) is 0.197. The van der Waals surface area contributed by atoms with Gasteiger partial charge in [0.2, 0.25) is 0 Å². The predicted octanol–water partition coefficient (Wildman–Crippen LogP) is 0.205. The molecule has 1 unspecified atom stereocenters. The molecule has 0 bridgehead atoms. The van der Waals surface area contributed by atoms with E-state index in [9.17, 15) is 21.6 Å². The highest BCUT2D eigenvalue weighted by Gasteiger charge is 2.29. The summed E-state index contributed by atoms with van der Waals surface area (Å²) < 4.78 is 44.1. The van der Waals surface area contributed by atoms with Gasteiger partial charge in [0.1, 0.15) is 15.6 Å². The third-order valence-electron chi connectivity index (χ3n) is 2.81. The van der Waals surface area contributed by atoms with E-state index in [4.69, 9.17) is 0 Å². The van der Waals surface area contributed by atoms with Crippen LogP contribution >= 0.6 is 0 Å². The molecule has 0 radical (unpaired) electrons. The van der Waals surface area contributed by atoms with Crippen molar-refractivity contribution < 1.29 is 21.6 Å². The van der Waals surface area contributed by atoms with Gasteiger partial charge in [0, 0.05) is 19.1 Å². The summed E-state index contributed by atoms with van der Waals surface area (Å²) in [7, 11) is -5.95. The van der Waals surface area contributed by atoms with Crippen LogP contribution in [0, 0.1) is 5.92 Å². The topological polar surface area (TPSA) is 85.3 Å². The first kappa shape index (κ1) is 14.6. The second kappa shape index (κ2) is 5.48. The van der Waals surface area contributed by atoms with Crippen LogP contribution in [0.3, 0.4) is 0 Å². The fourth-order valence-corrected chi connectivity index (χ4v) is 4.52. The molecule has 0 spiro atoms. The Kier molecular flexibility index (Phi) is 4.71. The van der Waals surface area contributed by atoms with Gasteiger partial charge in [0.15, 0.2) is 9.84 Å². The first-order chi connectivity index (χ1) is 7.68. The Balaban J connectivity index is 2.27. The van der Waals surface area contributed by atoms with Gasteiger partial charge in [-0.1, -0.05) is 0 Å². The molecule has 0 aromatic rings. The molecular weight excluding hydrogens is 264 g/mol. The molecular formula is C10H18O5S2. The minimum absolute atomic E-state index is 0.0156. The normalized spacial score (nSPS) is 23.7. The van der Waals surface area contributed by atoms with Crippen molar-refractivity contribution in [2.45, 2.75) is 25.7 Å². The van der Waals surface area contributed by atoms with Crippen LogP contribution in [0.15, 0.2) is 0 Å². The average molecular weight is 282 g/mol. The maximum Gasteiger partial charge on any atom is 0.150 e. The summed E-state index contributed by atoms with van der Waals surface area (Å²) in [5.41, 5.74) is 0. The van der Waals surface area contributed by atoms with Gasteiger partial charge in [-0.3, -0.25) is 4.79 Å². The molecule has 1 rings (SSSR count). The van der Waals surface area contributed by atoms with E-state index >= 15 is 0 Å².